The number of aliphatic imine (C=N–C) groups is 2. The van der Waals surface area contributed by atoms with Crippen LogP contribution in [0, 0.1) is 13.8 Å². The van der Waals surface area contributed by atoms with E-state index in [-0.39, 0.29) is 32.7 Å². The summed E-state index contributed by atoms with van der Waals surface area (Å²) in [7, 11) is 0. The van der Waals surface area contributed by atoms with Crippen LogP contribution in [0.1, 0.15) is 46.1 Å². The molecule has 6 rings (SSSR count). The van der Waals surface area contributed by atoms with Crippen molar-refractivity contribution in [2.24, 2.45) is 9.98 Å². The first-order valence-electron chi connectivity index (χ1n) is 13.0. The van der Waals surface area contributed by atoms with Gasteiger partial charge >= 0.3 is 0 Å². The molecule has 0 fully saturated rings. The van der Waals surface area contributed by atoms with Crippen molar-refractivity contribution < 1.29 is 18.6 Å². The summed E-state index contributed by atoms with van der Waals surface area (Å²) in [5.74, 6) is 0.617. The lowest BCUT2D eigenvalue weighted by Gasteiger charge is -2.28. The number of fused-ring (bicyclic) bond motifs is 1. The van der Waals surface area contributed by atoms with E-state index >= 15 is 0 Å². The maximum Gasteiger partial charge on any atom is 0.232 e. The van der Waals surface area contributed by atoms with Gasteiger partial charge in [-0.1, -0.05) is 68.8 Å². The van der Waals surface area contributed by atoms with Crippen LogP contribution >= 0.6 is 69.9 Å². The first-order valence-corrected chi connectivity index (χ1v) is 16.1. The number of carbonyl (C=O) groups is 2. The molecule has 0 bridgehead atoms. The molecule has 44 heavy (non-hydrogen) atoms. The molecule has 16 heteroatoms. The number of hydrogen-bond acceptors (Lipinski definition) is 12. The fourth-order valence-electron chi connectivity index (χ4n) is 4.84. The van der Waals surface area contributed by atoms with E-state index in [1.54, 1.807) is 60.3 Å². The van der Waals surface area contributed by atoms with Crippen LogP contribution in [0.3, 0.4) is 0 Å². The Morgan fingerprint density at radius 2 is 1.02 bits per heavy atom. The van der Waals surface area contributed by atoms with E-state index in [1.165, 1.54) is 0 Å². The summed E-state index contributed by atoms with van der Waals surface area (Å²) in [4.78, 5) is 36.8. The Balaban J connectivity index is 1.24. The fraction of sp³-hybridized carbons (Fsp3) is 0.214. The van der Waals surface area contributed by atoms with Gasteiger partial charge in [-0.25, -0.2) is 20.0 Å². The van der Waals surface area contributed by atoms with Gasteiger partial charge in [0.15, 0.2) is 10.3 Å². The number of nitrogens with zero attached hydrogens (tertiary/aromatic N) is 6. The van der Waals surface area contributed by atoms with Crippen LogP contribution in [0.2, 0.25) is 20.1 Å². The fourth-order valence-corrected chi connectivity index (χ4v) is 8.09. The van der Waals surface area contributed by atoms with Gasteiger partial charge in [-0.2, -0.15) is 0 Å². The van der Waals surface area contributed by atoms with E-state index in [1.807, 2.05) is 13.8 Å². The molecule has 2 atom stereocenters. The predicted molar refractivity (Wildman–Crippen MR) is 175 cm³/mol. The Labute approximate surface area is 279 Å². The van der Waals surface area contributed by atoms with Crippen molar-refractivity contribution in [3.8, 4) is 22.5 Å². The summed E-state index contributed by atoms with van der Waals surface area (Å²) in [6, 6.07) is 10.0. The van der Waals surface area contributed by atoms with Gasteiger partial charge in [0.05, 0.1) is 31.2 Å². The Morgan fingerprint density at radius 1 is 0.682 bits per heavy atom. The normalized spacial score (nSPS) is 17.6. The Bertz CT molecular complexity index is 1730. The minimum atomic E-state index is -0.462. The van der Waals surface area contributed by atoms with Gasteiger partial charge in [-0.3, -0.25) is 9.59 Å². The number of carbonyl (C=O) groups excluding carboxylic acids is 2. The molecule has 0 radical (unpaired) electrons. The number of thioether (sulfide) groups is 2. The molecule has 4 aromatic rings. The summed E-state index contributed by atoms with van der Waals surface area (Å²) < 4.78 is 10.8. The second kappa shape index (κ2) is 12.1. The van der Waals surface area contributed by atoms with E-state index in [0.29, 0.717) is 53.1 Å². The summed E-state index contributed by atoms with van der Waals surface area (Å²) >= 11 is 27.4. The lowest BCUT2D eigenvalue weighted by molar-refractivity contribution is 0.107. The topological polar surface area (TPSA) is 117 Å². The minimum absolute atomic E-state index is 0.227. The molecule has 0 aliphatic carbocycles. The highest BCUT2D eigenvalue weighted by Crippen LogP contribution is 2.42. The lowest BCUT2D eigenvalue weighted by atomic mass is 10.1. The van der Waals surface area contributed by atoms with E-state index in [4.69, 9.17) is 65.4 Å². The number of aromatic nitrogens is 2. The van der Waals surface area contributed by atoms with Crippen LogP contribution in [0.25, 0.3) is 22.5 Å². The van der Waals surface area contributed by atoms with Crippen molar-refractivity contribution in [3.63, 3.8) is 0 Å². The van der Waals surface area contributed by atoms with E-state index in [9.17, 15) is 9.59 Å². The van der Waals surface area contributed by atoms with Crippen molar-refractivity contribution in [1.29, 1.82) is 0 Å². The van der Waals surface area contributed by atoms with Crippen molar-refractivity contribution in [2.75, 3.05) is 0 Å². The molecule has 0 amide bonds. The minimum Gasteiger partial charge on any atom is -0.360 e. The Kier molecular flexibility index (Phi) is 8.50. The quantitative estimate of drug-likeness (QED) is 0.204. The Morgan fingerprint density at radius 3 is 1.36 bits per heavy atom. The number of halogens is 4. The molecular weight excluding hydrogens is 690 g/mol. The number of aryl methyl sites for hydroxylation is 2. The number of rotatable bonds is 4. The van der Waals surface area contributed by atoms with Crippen molar-refractivity contribution in [2.45, 2.75) is 40.0 Å². The van der Waals surface area contributed by atoms with Crippen LogP contribution < -0.4 is 0 Å². The molecule has 2 aromatic heterocycles. The standard InChI is InChI=1S/C28H20Cl4N6O4S2/c1-11-19(23(35-41-11)21-15(29)7-5-8-16(21)30)25(39)43-27-33-13(3)38-28(34-14(4)37(27)38)44-26(40)20-12(2)42-36-24(20)22-17(31)9-6-10-18(22)32/h5-10,13-14H,1-4H3/t13-,14-/m0/s1. The average Bonchev–Trinajstić information content (AvgIpc) is 3.69. The third-order valence-corrected chi connectivity index (χ3v) is 9.82. The summed E-state index contributed by atoms with van der Waals surface area (Å²) in [6.07, 6.45) is -0.923. The van der Waals surface area contributed by atoms with Crippen LogP contribution in [0.15, 0.2) is 55.4 Å². The van der Waals surface area contributed by atoms with Crippen LogP contribution in [-0.2, 0) is 0 Å². The molecule has 0 unspecified atom stereocenters. The molecule has 4 heterocycles. The monoisotopic (exact) mass is 708 g/mol. The molecule has 226 valence electrons. The average molecular weight is 710 g/mol. The van der Waals surface area contributed by atoms with Crippen molar-refractivity contribution in [1.82, 2.24) is 20.3 Å². The summed E-state index contributed by atoms with van der Waals surface area (Å²) in [6.45, 7) is 6.95. The number of benzene rings is 2. The number of hydrogen-bond donors (Lipinski definition) is 0. The van der Waals surface area contributed by atoms with Crippen LogP contribution in [-0.4, -0.2) is 53.2 Å². The maximum atomic E-state index is 13.7. The van der Waals surface area contributed by atoms with Gasteiger partial charge in [0, 0.05) is 11.1 Å². The zero-order valence-corrected chi connectivity index (χ0v) is 27.9. The first kappa shape index (κ1) is 31.0. The lowest BCUT2D eigenvalue weighted by Crippen LogP contribution is -2.44. The number of hydrazine groups is 1. The highest BCUT2D eigenvalue weighted by atomic mass is 35.5. The smallest absolute Gasteiger partial charge is 0.232 e. The van der Waals surface area contributed by atoms with Crippen LogP contribution in [0.5, 0.6) is 0 Å². The third kappa shape index (κ3) is 5.31. The van der Waals surface area contributed by atoms with Gasteiger partial charge in [0.25, 0.3) is 0 Å². The molecule has 2 aliphatic rings. The van der Waals surface area contributed by atoms with E-state index in [2.05, 4.69) is 10.3 Å². The second-order valence-corrected chi connectivity index (χ2v) is 13.2. The molecular formula is C28H20Cl4N6O4S2. The van der Waals surface area contributed by atoms with E-state index < -0.39 is 12.3 Å². The van der Waals surface area contributed by atoms with Crippen molar-refractivity contribution in [3.05, 3.63) is 79.1 Å². The third-order valence-electron chi connectivity index (χ3n) is 6.83. The van der Waals surface area contributed by atoms with Gasteiger partial charge in [0.2, 0.25) is 10.2 Å². The molecule has 10 nitrogen and oxygen atoms in total. The molecule has 2 aromatic carbocycles. The van der Waals surface area contributed by atoms with Gasteiger partial charge in [-0.15, -0.1) is 0 Å². The van der Waals surface area contributed by atoms with Gasteiger partial charge in [0.1, 0.15) is 35.2 Å². The molecule has 0 spiro atoms. The molecule has 0 saturated carbocycles. The van der Waals surface area contributed by atoms with E-state index in [0.717, 1.165) is 23.5 Å². The largest absolute Gasteiger partial charge is 0.360 e. The second-order valence-electron chi connectivity index (χ2n) is 9.67. The zero-order chi connectivity index (χ0) is 31.4. The predicted octanol–water partition coefficient (Wildman–Crippen LogP) is 8.62. The molecule has 0 N–H and O–H groups in total. The molecule has 0 saturated heterocycles. The molecule has 2 aliphatic heterocycles. The van der Waals surface area contributed by atoms with Gasteiger partial charge < -0.3 is 9.05 Å². The highest BCUT2D eigenvalue weighted by molar-refractivity contribution is 8.27. The Hall–Kier alpha value is -3.00. The van der Waals surface area contributed by atoms with Crippen molar-refractivity contribution >= 4 is 90.5 Å². The zero-order valence-electron chi connectivity index (χ0n) is 23.3. The SMILES string of the molecule is Cc1onc(-c2c(Cl)cccc2Cl)c1C(=O)SC1=N[C@H](C)N2C(SC(=O)c3c(-c4c(Cl)cccc4Cl)noc3C)=N[C@H](C)N12. The summed E-state index contributed by atoms with van der Waals surface area (Å²) in [5.41, 5.74) is 1.73. The summed E-state index contributed by atoms with van der Waals surface area (Å²) in [5, 5.41) is 13.1. The van der Waals surface area contributed by atoms with Crippen LogP contribution in [0.4, 0.5) is 0 Å². The number of amidine groups is 2. The highest BCUT2D eigenvalue weighted by Gasteiger charge is 2.44. The van der Waals surface area contributed by atoms with Gasteiger partial charge in [-0.05, 0) is 75.5 Å². The maximum absolute atomic E-state index is 13.7. The first-order chi connectivity index (χ1) is 21.0.